The van der Waals surface area contributed by atoms with Crippen molar-refractivity contribution in [1.29, 1.82) is 0 Å². The van der Waals surface area contributed by atoms with Crippen LogP contribution in [0.2, 0.25) is 0 Å². The summed E-state index contributed by atoms with van der Waals surface area (Å²) in [5.41, 5.74) is -4.12. The van der Waals surface area contributed by atoms with E-state index in [1.807, 2.05) is 23.8 Å². The van der Waals surface area contributed by atoms with Gasteiger partial charge in [0.05, 0.1) is 6.54 Å². The van der Waals surface area contributed by atoms with Crippen molar-refractivity contribution in [2.45, 2.75) is 31.8 Å². The predicted octanol–water partition coefficient (Wildman–Crippen LogP) is 2.98. The number of hydrogen-bond acceptors (Lipinski definition) is 4. The fourth-order valence-electron chi connectivity index (χ4n) is 2.64. The van der Waals surface area contributed by atoms with E-state index >= 15 is 0 Å². The average Bonchev–Trinajstić information content (AvgIpc) is 3.10. The van der Waals surface area contributed by atoms with E-state index in [0.717, 1.165) is 5.56 Å². The minimum atomic E-state index is -5.23. The summed E-state index contributed by atoms with van der Waals surface area (Å²) >= 11 is 1.60. The van der Waals surface area contributed by atoms with Crippen molar-refractivity contribution in [2.24, 2.45) is 10.9 Å². The van der Waals surface area contributed by atoms with Crippen LogP contribution in [0.25, 0.3) is 0 Å². The van der Waals surface area contributed by atoms with Crippen LogP contribution in [-0.2, 0) is 16.6 Å². The zero-order valence-electron chi connectivity index (χ0n) is 14.8. The van der Waals surface area contributed by atoms with E-state index in [-0.39, 0.29) is 43.0 Å². The second-order valence-corrected chi connectivity index (χ2v) is 8.71. The molecule has 0 aliphatic carbocycles. The molecule has 1 saturated heterocycles. The van der Waals surface area contributed by atoms with Crippen molar-refractivity contribution in [1.82, 2.24) is 14.9 Å². The Balaban J connectivity index is 0.00000364. The monoisotopic (exact) mass is 540 g/mol. The van der Waals surface area contributed by atoms with Gasteiger partial charge in [-0.3, -0.25) is 0 Å². The minimum absolute atomic E-state index is 0. The molecule has 0 unspecified atom stereocenters. The Bertz CT molecular complexity index is 688. The zero-order chi connectivity index (χ0) is 19.2. The molecule has 2 N–H and O–H groups in total. The third-order valence-corrected chi connectivity index (χ3v) is 6.47. The van der Waals surface area contributed by atoms with Crippen LogP contribution >= 0.6 is 35.3 Å². The Morgan fingerprint density at radius 3 is 2.52 bits per heavy atom. The highest BCUT2D eigenvalue weighted by molar-refractivity contribution is 14.0. The van der Waals surface area contributed by atoms with E-state index in [2.05, 4.69) is 15.6 Å². The number of nitrogens with zero attached hydrogens (tertiary/aromatic N) is 2. The van der Waals surface area contributed by atoms with Crippen molar-refractivity contribution in [3.63, 3.8) is 0 Å². The van der Waals surface area contributed by atoms with Gasteiger partial charge in [-0.05, 0) is 48.1 Å². The molecule has 12 heteroatoms. The van der Waals surface area contributed by atoms with E-state index in [4.69, 9.17) is 0 Å². The van der Waals surface area contributed by atoms with Gasteiger partial charge in [0, 0.05) is 26.2 Å². The molecule has 27 heavy (non-hydrogen) atoms. The summed E-state index contributed by atoms with van der Waals surface area (Å²) in [6.07, 6.45) is 0.762. The van der Waals surface area contributed by atoms with Gasteiger partial charge in [-0.25, -0.2) is 13.4 Å². The molecule has 156 valence electrons. The van der Waals surface area contributed by atoms with Crippen molar-refractivity contribution in [3.8, 4) is 0 Å². The van der Waals surface area contributed by atoms with Crippen molar-refractivity contribution in [2.75, 3.05) is 26.2 Å². The molecule has 0 amide bonds. The summed E-state index contributed by atoms with van der Waals surface area (Å²) in [6, 6.07) is 1.99. The van der Waals surface area contributed by atoms with Gasteiger partial charge in [-0.2, -0.15) is 28.8 Å². The van der Waals surface area contributed by atoms with E-state index in [1.165, 1.54) is 0 Å². The van der Waals surface area contributed by atoms with Gasteiger partial charge in [-0.15, -0.1) is 24.0 Å². The molecule has 1 aliphatic rings. The zero-order valence-corrected chi connectivity index (χ0v) is 18.8. The highest BCUT2D eigenvalue weighted by atomic mass is 127. The minimum Gasteiger partial charge on any atom is -0.357 e. The maximum absolute atomic E-state index is 12.6. The summed E-state index contributed by atoms with van der Waals surface area (Å²) in [5, 5.41) is 10.3. The van der Waals surface area contributed by atoms with E-state index in [0.29, 0.717) is 42.7 Å². The summed E-state index contributed by atoms with van der Waals surface area (Å²) in [5.74, 6) is 0.740. The van der Waals surface area contributed by atoms with Crippen LogP contribution in [0.15, 0.2) is 21.8 Å². The number of aliphatic imine (C=N–C) groups is 1. The van der Waals surface area contributed by atoms with Gasteiger partial charge in [0.1, 0.15) is 0 Å². The fourth-order valence-corrected chi connectivity index (χ4v) is 4.28. The van der Waals surface area contributed by atoms with Gasteiger partial charge in [-0.1, -0.05) is 0 Å². The van der Waals surface area contributed by atoms with E-state index in [9.17, 15) is 21.6 Å². The Morgan fingerprint density at radius 2 is 2.00 bits per heavy atom. The lowest BCUT2D eigenvalue weighted by Gasteiger charge is -2.31. The fraction of sp³-hybridized carbons (Fsp3) is 0.667. The molecule has 2 heterocycles. The van der Waals surface area contributed by atoms with Gasteiger partial charge >= 0.3 is 15.5 Å². The van der Waals surface area contributed by atoms with Crippen LogP contribution < -0.4 is 10.6 Å². The maximum Gasteiger partial charge on any atom is 0.511 e. The Labute approximate surface area is 178 Å². The highest BCUT2D eigenvalue weighted by Gasteiger charge is 2.50. The first-order valence-corrected chi connectivity index (χ1v) is 10.7. The van der Waals surface area contributed by atoms with Gasteiger partial charge in [0.25, 0.3) is 0 Å². The molecule has 0 atom stereocenters. The number of piperidine rings is 1. The van der Waals surface area contributed by atoms with Crippen LogP contribution in [-0.4, -0.2) is 50.4 Å². The lowest BCUT2D eigenvalue weighted by molar-refractivity contribution is -0.0496. The average molecular weight is 540 g/mol. The topological polar surface area (TPSA) is 73.8 Å². The van der Waals surface area contributed by atoms with Gasteiger partial charge in [0.2, 0.25) is 0 Å². The SMILES string of the molecule is CCNC(=NCc1ccsc1)NCC1CCN(S(=O)(=O)C(F)(F)F)CC1.I. The maximum atomic E-state index is 12.6. The second-order valence-electron chi connectivity index (χ2n) is 6.00. The second kappa shape index (κ2) is 10.8. The summed E-state index contributed by atoms with van der Waals surface area (Å²) in [7, 11) is -5.22. The molecule has 0 radical (unpaired) electrons. The number of nitrogens with one attached hydrogen (secondary N) is 2. The van der Waals surface area contributed by atoms with Crippen molar-refractivity contribution >= 4 is 51.3 Å². The van der Waals surface area contributed by atoms with Crippen LogP contribution in [0.3, 0.4) is 0 Å². The molecule has 0 saturated carbocycles. The van der Waals surface area contributed by atoms with E-state index < -0.39 is 15.5 Å². The molecule has 0 aromatic carbocycles. The molecule has 6 nitrogen and oxygen atoms in total. The third kappa shape index (κ3) is 7.06. The number of thiophene rings is 1. The standard InChI is InChI=1S/C15H23F3N4O2S2.HI/c1-2-19-14(21-10-13-5-8-25-11-13)20-9-12-3-6-22(7-4-12)26(23,24)15(16,17)18;/h5,8,11-12H,2-4,6-7,9-10H2,1H3,(H2,19,20,21);1H. The Hall–Kier alpha value is -0.600. The highest BCUT2D eigenvalue weighted by Crippen LogP contribution is 2.30. The largest absolute Gasteiger partial charge is 0.511 e. The van der Waals surface area contributed by atoms with Crippen molar-refractivity contribution in [3.05, 3.63) is 22.4 Å². The number of rotatable bonds is 6. The van der Waals surface area contributed by atoms with Crippen LogP contribution in [0, 0.1) is 5.92 Å². The summed E-state index contributed by atoms with van der Waals surface area (Å²) in [4.78, 5) is 4.47. The predicted molar refractivity (Wildman–Crippen MR) is 112 cm³/mol. The van der Waals surface area contributed by atoms with Crippen LogP contribution in [0.1, 0.15) is 25.3 Å². The Morgan fingerprint density at radius 1 is 1.33 bits per heavy atom. The number of hydrogen-bond donors (Lipinski definition) is 2. The summed E-state index contributed by atoms with van der Waals surface area (Å²) in [6.45, 7) is 3.49. The smallest absolute Gasteiger partial charge is 0.357 e. The van der Waals surface area contributed by atoms with Gasteiger partial charge < -0.3 is 10.6 Å². The number of halogens is 4. The Kier molecular flexibility index (Phi) is 9.79. The van der Waals surface area contributed by atoms with Crippen molar-refractivity contribution < 1.29 is 21.6 Å². The quantitative estimate of drug-likeness (QED) is 0.331. The molecule has 0 spiro atoms. The lowest BCUT2D eigenvalue weighted by Crippen LogP contribution is -2.47. The molecule has 1 aromatic rings. The number of guanidine groups is 1. The molecule has 1 aliphatic heterocycles. The van der Waals surface area contributed by atoms with E-state index in [1.54, 1.807) is 11.3 Å². The number of alkyl halides is 3. The number of sulfonamides is 1. The first-order valence-electron chi connectivity index (χ1n) is 8.33. The summed E-state index contributed by atoms with van der Waals surface area (Å²) < 4.78 is 61.1. The lowest BCUT2D eigenvalue weighted by atomic mass is 9.98. The molecular weight excluding hydrogens is 516 g/mol. The van der Waals surface area contributed by atoms with Crippen LogP contribution in [0.4, 0.5) is 13.2 Å². The third-order valence-electron chi connectivity index (χ3n) is 4.11. The first-order chi connectivity index (χ1) is 12.2. The molecule has 0 bridgehead atoms. The van der Waals surface area contributed by atoms with Crippen LogP contribution in [0.5, 0.6) is 0 Å². The first kappa shape index (κ1) is 24.4. The molecule has 1 fully saturated rings. The molecular formula is C15H24F3IN4O2S2. The molecule has 1 aromatic heterocycles. The van der Waals surface area contributed by atoms with Gasteiger partial charge in [0.15, 0.2) is 5.96 Å². The normalized spacial score (nSPS) is 17.4. The molecule has 2 rings (SSSR count).